The van der Waals surface area contributed by atoms with Crippen LogP contribution in [-0.2, 0) is 0 Å². The van der Waals surface area contributed by atoms with E-state index >= 15 is 0 Å². The van der Waals surface area contributed by atoms with Crippen molar-refractivity contribution < 1.29 is 4.79 Å². The van der Waals surface area contributed by atoms with Crippen LogP contribution in [0.1, 0.15) is 35.8 Å². The number of rotatable bonds is 5. The fraction of sp³-hybridized carbons (Fsp3) is 0.263. The summed E-state index contributed by atoms with van der Waals surface area (Å²) in [4.78, 5) is 15.9. The quantitative estimate of drug-likeness (QED) is 0.738. The molecule has 26 heavy (non-hydrogen) atoms. The highest BCUT2D eigenvalue weighted by atomic mass is 16.1. The molecule has 0 spiro atoms. The number of primary amides is 1. The van der Waals surface area contributed by atoms with Crippen molar-refractivity contribution in [1.29, 1.82) is 5.26 Å². The lowest BCUT2D eigenvalue weighted by Gasteiger charge is -2.17. The fourth-order valence-corrected chi connectivity index (χ4v) is 3.17. The first kappa shape index (κ1) is 16.1. The fourth-order valence-electron chi connectivity index (χ4n) is 3.17. The first-order valence-electron chi connectivity index (χ1n) is 8.51. The molecule has 4 rings (SSSR count). The number of aromatic nitrogens is 3. The average molecular weight is 346 g/mol. The summed E-state index contributed by atoms with van der Waals surface area (Å²) < 4.78 is 1.72. The average Bonchev–Trinajstić information content (AvgIpc) is 3.40. The second kappa shape index (κ2) is 6.15. The number of nitrogens with one attached hydrogen (secondary N) is 1. The monoisotopic (exact) mass is 346 g/mol. The molecular formula is C19H18N6O. The van der Waals surface area contributed by atoms with Crippen molar-refractivity contribution in [3.63, 3.8) is 0 Å². The van der Waals surface area contributed by atoms with Gasteiger partial charge in [-0.05, 0) is 49.4 Å². The Morgan fingerprint density at radius 1 is 1.42 bits per heavy atom. The molecule has 1 aliphatic rings. The lowest BCUT2D eigenvalue weighted by Crippen LogP contribution is -2.22. The number of nitrogens with two attached hydrogens (primary N) is 1. The molecule has 3 N–H and O–H groups in total. The minimum absolute atomic E-state index is 0.253. The molecule has 1 fully saturated rings. The van der Waals surface area contributed by atoms with Gasteiger partial charge in [-0.1, -0.05) is 0 Å². The number of anilines is 1. The Morgan fingerprint density at radius 3 is 2.92 bits per heavy atom. The molecule has 1 unspecified atom stereocenters. The van der Waals surface area contributed by atoms with Crippen LogP contribution in [0.5, 0.6) is 0 Å². The molecule has 0 bridgehead atoms. The van der Waals surface area contributed by atoms with Gasteiger partial charge in [0, 0.05) is 24.0 Å². The van der Waals surface area contributed by atoms with Gasteiger partial charge in [-0.2, -0.15) is 10.4 Å². The molecular weight excluding hydrogens is 328 g/mol. The van der Waals surface area contributed by atoms with E-state index in [2.05, 4.69) is 22.3 Å². The largest absolute Gasteiger partial charge is 0.380 e. The molecule has 130 valence electrons. The molecule has 1 aliphatic carbocycles. The number of carbonyl (C=O) groups excluding carboxylic acids is 1. The zero-order valence-corrected chi connectivity index (χ0v) is 14.3. The minimum atomic E-state index is -0.510. The Kier molecular flexibility index (Phi) is 3.81. The van der Waals surface area contributed by atoms with Crippen LogP contribution in [0, 0.1) is 17.2 Å². The van der Waals surface area contributed by atoms with Crippen LogP contribution in [0.2, 0.25) is 0 Å². The Hall–Kier alpha value is -3.40. The van der Waals surface area contributed by atoms with Crippen LogP contribution in [0.4, 0.5) is 5.69 Å². The molecule has 0 radical (unpaired) electrons. The molecule has 0 saturated heterocycles. The van der Waals surface area contributed by atoms with E-state index in [-0.39, 0.29) is 6.04 Å². The highest BCUT2D eigenvalue weighted by Gasteiger charge is 2.29. The summed E-state index contributed by atoms with van der Waals surface area (Å²) in [5.74, 6) is 0.112. The van der Waals surface area contributed by atoms with Gasteiger partial charge in [0.2, 0.25) is 0 Å². The smallest absolute Gasteiger partial charge is 0.252 e. The number of hydrogen-bond donors (Lipinski definition) is 2. The number of amides is 1. The van der Waals surface area contributed by atoms with Crippen molar-refractivity contribution in [2.75, 3.05) is 5.32 Å². The standard InChI is InChI=1S/C19H18N6O/c1-11(12-2-3-12)24-18-16(19(21)26)9-23-25-10-14(7-17(18)25)13-4-5-22-15(6-13)8-20/h4-7,9-12,24H,2-3H2,1H3,(H2,21,26). The lowest BCUT2D eigenvalue weighted by molar-refractivity contribution is 0.100. The summed E-state index contributed by atoms with van der Waals surface area (Å²) in [6.07, 6.45) is 7.36. The van der Waals surface area contributed by atoms with Crippen LogP contribution in [-0.4, -0.2) is 26.5 Å². The van der Waals surface area contributed by atoms with Gasteiger partial charge in [-0.15, -0.1) is 0 Å². The summed E-state index contributed by atoms with van der Waals surface area (Å²) in [5, 5.41) is 16.8. The number of carbonyl (C=O) groups is 1. The third-order valence-electron chi connectivity index (χ3n) is 4.81. The van der Waals surface area contributed by atoms with Gasteiger partial charge < -0.3 is 11.1 Å². The van der Waals surface area contributed by atoms with Crippen molar-refractivity contribution in [2.45, 2.75) is 25.8 Å². The van der Waals surface area contributed by atoms with Crippen LogP contribution in [0.25, 0.3) is 16.6 Å². The molecule has 7 nitrogen and oxygen atoms in total. The van der Waals surface area contributed by atoms with Crippen LogP contribution >= 0.6 is 0 Å². The van der Waals surface area contributed by atoms with E-state index in [9.17, 15) is 4.79 Å². The molecule has 1 saturated carbocycles. The van der Waals surface area contributed by atoms with Gasteiger partial charge >= 0.3 is 0 Å². The van der Waals surface area contributed by atoms with E-state index in [0.29, 0.717) is 22.9 Å². The Bertz CT molecular complexity index is 1040. The minimum Gasteiger partial charge on any atom is -0.380 e. The van der Waals surface area contributed by atoms with E-state index in [1.54, 1.807) is 16.8 Å². The predicted molar refractivity (Wildman–Crippen MR) is 97.5 cm³/mol. The number of pyridine rings is 1. The van der Waals surface area contributed by atoms with E-state index < -0.39 is 5.91 Å². The number of nitriles is 1. The third-order valence-corrected chi connectivity index (χ3v) is 4.81. The van der Waals surface area contributed by atoms with Crippen molar-refractivity contribution in [2.24, 2.45) is 11.7 Å². The Balaban J connectivity index is 1.83. The lowest BCUT2D eigenvalue weighted by atomic mass is 10.1. The first-order valence-corrected chi connectivity index (χ1v) is 8.51. The maximum Gasteiger partial charge on any atom is 0.252 e. The zero-order chi connectivity index (χ0) is 18.3. The van der Waals surface area contributed by atoms with Gasteiger partial charge in [-0.3, -0.25) is 4.79 Å². The molecule has 3 aromatic rings. The summed E-state index contributed by atoms with van der Waals surface area (Å²) >= 11 is 0. The molecule has 0 aromatic carbocycles. The van der Waals surface area contributed by atoms with Crippen LogP contribution < -0.4 is 11.1 Å². The summed E-state index contributed by atoms with van der Waals surface area (Å²) in [7, 11) is 0. The SMILES string of the molecule is CC(Nc1c(C(N)=O)cnn2cc(-c3ccnc(C#N)c3)cc12)C1CC1. The Morgan fingerprint density at radius 2 is 2.23 bits per heavy atom. The third kappa shape index (κ3) is 2.86. The molecule has 3 aromatic heterocycles. The number of nitrogens with zero attached hydrogens (tertiary/aromatic N) is 4. The summed E-state index contributed by atoms with van der Waals surface area (Å²) in [6, 6.07) is 7.80. The normalized spacial score (nSPS) is 14.8. The van der Waals surface area contributed by atoms with Crippen molar-refractivity contribution in [3.8, 4) is 17.2 Å². The van der Waals surface area contributed by atoms with Gasteiger partial charge in [0.1, 0.15) is 11.8 Å². The number of fused-ring (bicyclic) bond motifs is 1. The van der Waals surface area contributed by atoms with Crippen LogP contribution in [0.3, 0.4) is 0 Å². The highest BCUT2D eigenvalue weighted by Crippen LogP contribution is 2.36. The van der Waals surface area contributed by atoms with Crippen molar-refractivity contribution >= 4 is 17.1 Å². The van der Waals surface area contributed by atoms with E-state index in [1.807, 2.05) is 24.4 Å². The summed E-state index contributed by atoms with van der Waals surface area (Å²) in [6.45, 7) is 2.12. The predicted octanol–water partition coefficient (Wildman–Crippen LogP) is 2.58. The zero-order valence-electron chi connectivity index (χ0n) is 14.3. The molecule has 0 aliphatic heterocycles. The maximum absolute atomic E-state index is 11.9. The van der Waals surface area contributed by atoms with E-state index in [1.165, 1.54) is 19.0 Å². The molecule has 1 atom stereocenters. The molecule has 1 amide bonds. The maximum atomic E-state index is 11.9. The van der Waals surface area contributed by atoms with Crippen molar-refractivity contribution in [1.82, 2.24) is 14.6 Å². The van der Waals surface area contributed by atoms with Gasteiger partial charge in [0.25, 0.3) is 5.91 Å². The summed E-state index contributed by atoms with van der Waals surface area (Å²) in [5.41, 5.74) is 9.52. The Labute approximate surface area is 150 Å². The topological polar surface area (TPSA) is 109 Å². The second-order valence-corrected chi connectivity index (χ2v) is 6.67. The number of hydrogen-bond acceptors (Lipinski definition) is 5. The van der Waals surface area contributed by atoms with Crippen LogP contribution in [0.15, 0.2) is 36.8 Å². The first-order chi connectivity index (χ1) is 12.6. The molecule has 7 heteroatoms. The second-order valence-electron chi connectivity index (χ2n) is 6.67. The van der Waals surface area contributed by atoms with Gasteiger partial charge in [0.15, 0.2) is 0 Å². The van der Waals surface area contributed by atoms with E-state index in [4.69, 9.17) is 11.0 Å². The van der Waals surface area contributed by atoms with Gasteiger partial charge in [-0.25, -0.2) is 9.50 Å². The molecule has 3 heterocycles. The van der Waals surface area contributed by atoms with Crippen molar-refractivity contribution in [3.05, 3.63) is 48.0 Å². The van der Waals surface area contributed by atoms with E-state index in [0.717, 1.165) is 16.6 Å². The van der Waals surface area contributed by atoms with Gasteiger partial charge in [0.05, 0.1) is 23.0 Å². The highest BCUT2D eigenvalue weighted by molar-refractivity contribution is 6.02.